The molecule has 1 aromatic heterocycles. The number of aliphatic hydroxyl groups excluding tert-OH is 2. The van der Waals surface area contributed by atoms with Crippen LogP contribution in [0.25, 0.3) is 11.8 Å². The number of benzene rings is 1. The first kappa shape index (κ1) is 28.9. The van der Waals surface area contributed by atoms with E-state index in [1.165, 1.54) is 0 Å². The number of Topliss-reactive ketones (excluding diaryl/α,β-unsaturated/α-hetero) is 1. The summed E-state index contributed by atoms with van der Waals surface area (Å²) in [6.45, 7) is 8.76. The molecule has 0 unspecified atom stereocenters. The molecule has 228 valence electrons. The normalized spacial score (nSPS) is 40.2. The predicted molar refractivity (Wildman–Crippen MR) is 159 cm³/mol. The molecule has 1 saturated heterocycles. The maximum atomic E-state index is 18.1. The lowest BCUT2D eigenvalue weighted by Crippen LogP contribution is -2.70. The van der Waals surface area contributed by atoms with E-state index in [1.807, 2.05) is 55.9 Å². The molecule has 7 nitrogen and oxygen atoms in total. The van der Waals surface area contributed by atoms with Gasteiger partial charge in [-0.1, -0.05) is 44.3 Å². The highest BCUT2D eigenvalue weighted by Gasteiger charge is 2.80. The van der Waals surface area contributed by atoms with Crippen LogP contribution in [0.15, 0.2) is 36.0 Å². The van der Waals surface area contributed by atoms with E-state index in [1.54, 1.807) is 13.8 Å². The van der Waals surface area contributed by atoms with Gasteiger partial charge in [-0.2, -0.15) is 5.10 Å². The van der Waals surface area contributed by atoms with Gasteiger partial charge in [-0.25, -0.2) is 9.07 Å². The molecule has 4 fully saturated rings. The molecule has 3 saturated carbocycles. The molecule has 7 rings (SSSR count). The van der Waals surface area contributed by atoms with Crippen molar-refractivity contribution in [2.24, 2.45) is 22.7 Å². The van der Waals surface area contributed by atoms with Crippen molar-refractivity contribution in [3.05, 3.63) is 52.9 Å². The highest BCUT2D eigenvalue weighted by atomic mass is 19.1. The first-order valence-corrected chi connectivity index (χ1v) is 15.6. The number of nitrogens with zero attached hydrogens (tertiary/aromatic N) is 2. The average Bonchev–Trinajstić information content (AvgIpc) is 3.57. The number of halogens is 1. The highest BCUT2D eigenvalue weighted by Crippen LogP contribution is 2.72. The molecule has 1 aliphatic heterocycles. The second-order valence-electron chi connectivity index (χ2n) is 14.2. The van der Waals surface area contributed by atoms with Gasteiger partial charge in [0.05, 0.1) is 29.8 Å². The molecule has 0 spiro atoms. The maximum Gasteiger partial charge on any atom is 0.193 e. The Hall–Kier alpha value is -2.83. The lowest BCUT2D eigenvalue weighted by molar-refractivity contribution is -0.250. The van der Waals surface area contributed by atoms with Crippen LogP contribution in [-0.4, -0.2) is 61.6 Å². The van der Waals surface area contributed by atoms with Crippen molar-refractivity contribution in [1.29, 1.82) is 0 Å². The molecule has 2 N–H and O–H groups in total. The van der Waals surface area contributed by atoms with Gasteiger partial charge in [-0.3, -0.25) is 4.79 Å². The number of rotatable bonds is 3. The zero-order valence-electron chi connectivity index (χ0n) is 25.6. The van der Waals surface area contributed by atoms with Crippen LogP contribution in [0.2, 0.25) is 0 Å². The molecular formula is C35H41FN2O5. The van der Waals surface area contributed by atoms with Gasteiger partial charge in [0.15, 0.2) is 17.2 Å². The van der Waals surface area contributed by atoms with Gasteiger partial charge in [-0.15, -0.1) is 0 Å². The molecule has 8 atom stereocenters. The molecule has 4 aliphatic carbocycles. The SMILES string of the molecule is CCC#Cc1cccc(-n2ncc3c2C=C2CC[C@H]4[C@@H]5C[C@H]6OC(C)(C)O[C@@]6(C(=O)CO)[C@@]5(C)C[C@H](O)[C@]4(F)[C@@]2(C)C3)c1. The number of hydrogen-bond donors (Lipinski definition) is 2. The number of allylic oxidation sites excluding steroid dienone is 1. The standard InChI is InChI=1S/C35H41FN2O5/c1-6-7-9-21-10-8-11-24(14-21)38-27-15-23-12-13-25-26-16-30-35(29(41)20-39,43-31(2,3)42-30)33(26,5)18-28(40)34(25,36)32(23,4)17-22(27)19-37-38/h8,10-11,14-15,19,25-26,28,30,39-40H,6,12-13,16-18,20H2,1-5H3/t25-,26-,28-,30+,32-,33-,34-,35+/m0/s1. The summed E-state index contributed by atoms with van der Waals surface area (Å²) in [5.74, 6) is 4.08. The Labute approximate surface area is 252 Å². The van der Waals surface area contributed by atoms with Gasteiger partial charge in [0.1, 0.15) is 12.3 Å². The van der Waals surface area contributed by atoms with Crippen LogP contribution >= 0.6 is 0 Å². The fraction of sp³-hybridized carbons (Fsp3) is 0.600. The second-order valence-corrected chi connectivity index (χ2v) is 14.2. The lowest BCUT2D eigenvalue weighted by Gasteiger charge is -2.63. The van der Waals surface area contributed by atoms with Crippen molar-refractivity contribution in [3.8, 4) is 17.5 Å². The van der Waals surface area contributed by atoms with Gasteiger partial charge < -0.3 is 19.7 Å². The third-order valence-corrected chi connectivity index (χ3v) is 11.6. The quantitative estimate of drug-likeness (QED) is 0.494. The molecule has 2 heterocycles. The molecule has 1 aromatic carbocycles. The van der Waals surface area contributed by atoms with E-state index in [4.69, 9.17) is 14.6 Å². The van der Waals surface area contributed by atoms with Crippen LogP contribution in [0, 0.1) is 34.5 Å². The fourth-order valence-electron chi connectivity index (χ4n) is 9.88. The van der Waals surface area contributed by atoms with Gasteiger partial charge in [-0.05, 0) is 81.7 Å². The van der Waals surface area contributed by atoms with Gasteiger partial charge >= 0.3 is 0 Å². The van der Waals surface area contributed by atoms with Crippen molar-refractivity contribution in [3.63, 3.8) is 0 Å². The molecule has 8 heteroatoms. The molecule has 0 amide bonds. The summed E-state index contributed by atoms with van der Waals surface area (Å²) in [5, 5.41) is 26.7. The van der Waals surface area contributed by atoms with Crippen LogP contribution in [-0.2, 0) is 20.7 Å². The Bertz CT molecular complexity index is 1600. The Morgan fingerprint density at radius 3 is 2.77 bits per heavy atom. The zero-order valence-corrected chi connectivity index (χ0v) is 25.6. The number of ketones is 1. The van der Waals surface area contributed by atoms with Crippen LogP contribution in [0.3, 0.4) is 0 Å². The third-order valence-electron chi connectivity index (χ3n) is 11.6. The minimum Gasteiger partial charge on any atom is -0.390 e. The summed E-state index contributed by atoms with van der Waals surface area (Å²) in [5.41, 5.74) is -0.490. The summed E-state index contributed by atoms with van der Waals surface area (Å²) in [6.07, 6.45) is 4.89. The zero-order chi connectivity index (χ0) is 30.6. The summed E-state index contributed by atoms with van der Waals surface area (Å²) in [4.78, 5) is 13.5. The molecular weight excluding hydrogens is 547 g/mol. The van der Waals surface area contributed by atoms with E-state index in [0.29, 0.717) is 25.7 Å². The topological polar surface area (TPSA) is 93.8 Å². The number of alkyl halides is 1. The molecule has 43 heavy (non-hydrogen) atoms. The van der Waals surface area contributed by atoms with Crippen molar-refractivity contribution in [2.45, 2.75) is 102 Å². The highest BCUT2D eigenvalue weighted by molar-refractivity contribution is 5.91. The molecule has 0 bridgehead atoms. The number of fused-ring (bicyclic) bond motifs is 8. The average molecular weight is 589 g/mol. The predicted octanol–water partition coefficient (Wildman–Crippen LogP) is 4.94. The largest absolute Gasteiger partial charge is 0.390 e. The minimum absolute atomic E-state index is 0.0485. The van der Waals surface area contributed by atoms with Crippen molar-refractivity contribution in [2.75, 3.05) is 6.61 Å². The van der Waals surface area contributed by atoms with Crippen molar-refractivity contribution < 1.29 is 28.9 Å². The number of ether oxygens (including phenoxy) is 2. The van der Waals surface area contributed by atoms with Gasteiger partial charge in [0.25, 0.3) is 0 Å². The van der Waals surface area contributed by atoms with Crippen molar-refractivity contribution in [1.82, 2.24) is 9.78 Å². The minimum atomic E-state index is -1.92. The Kier molecular flexibility index (Phi) is 6.28. The number of aliphatic hydroxyl groups is 2. The van der Waals surface area contributed by atoms with E-state index in [2.05, 4.69) is 17.9 Å². The number of carbonyl (C=O) groups excluding carboxylic acids is 1. The van der Waals surface area contributed by atoms with E-state index < -0.39 is 58.4 Å². The molecule has 5 aliphatic rings. The Morgan fingerprint density at radius 1 is 1.23 bits per heavy atom. The Morgan fingerprint density at radius 2 is 2.02 bits per heavy atom. The lowest BCUT2D eigenvalue weighted by atomic mass is 9.43. The smallest absolute Gasteiger partial charge is 0.193 e. The van der Waals surface area contributed by atoms with Gasteiger partial charge in [0.2, 0.25) is 0 Å². The third kappa shape index (κ3) is 3.63. The van der Waals surface area contributed by atoms with E-state index in [-0.39, 0.29) is 12.3 Å². The van der Waals surface area contributed by atoms with Crippen LogP contribution in [0.1, 0.15) is 83.5 Å². The van der Waals surface area contributed by atoms with E-state index in [9.17, 15) is 15.0 Å². The van der Waals surface area contributed by atoms with E-state index >= 15 is 4.39 Å². The van der Waals surface area contributed by atoms with Crippen LogP contribution < -0.4 is 0 Å². The molecule has 2 aromatic rings. The first-order valence-electron chi connectivity index (χ1n) is 15.6. The fourth-order valence-corrected chi connectivity index (χ4v) is 9.88. The maximum absolute atomic E-state index is 18.1. The number of aromatic nitrogens is 2. The number of carbonyl (C=O) groups is 1. The Balaban J connectivity index is 1.27. The van der Waals surface area contributed by atoms with E-state index in [0.717, 1.165) is 34.5 Å². The summed E-state index contributed by atoms with van der Waals surface area (Å²) >= 11 is 0. The monoisotopic (exact) mass is 588 g/mol. The summed E-state index contributed by atoms with van der Waals surface area (Å²) in [6, 6.07) is 7.98. The second kappa shape index (κ2) is 9.34. The van der Waals surface area contributed by atoms with Gasteiger partial charge in [0, 0.05) is 28.7 Å². The first-order chi connectivity index (χ1) is 20.3. The summed E-state index contributed by atoms with van der Waals surface area (Å²) in [7, 11) is 0. The summed E-state index contributed by atoms with van der Waals surface area (Å²) < 4.78 is 32.7. The number of hydrogen-bond acceptors (Lipinski definition) is 6. The van der Waals surface area contributed by atoms with Crippen LogP contribution in [0.5, 0.6) is 0 Å². The van der Waals surface area contributed by atoms with Crippen molar-refractivity contribution >= 4 is 11.9 Å². The van der Waals surface area contributed by atoms with Crippen LogP contribution in [0.4, 0.5) is 4.39 Å². The molecule has 0 radical (unpaired) electrons.